The highest BCUT2D eigenvalue weighted by Crippen LogP contribution is 2.38. The molecule has 1 atom stereocenters. The van der Waals surface area contributed by atoms with Gasteiger partial charge in [-0.2, -0.15) is 0 Å². The maximum absolute atomic E-state index is 11.3. The Labute approximate surface area is 145 Å². The van der Waals surface area contributed by atoms with Crippen LogP contribution in [-0.2, 0) is 0 Å². The van der Waals surface area contributed by atoms with Gasteiger partial charge in [-0.05, 0) is 49.6 Å². The average Bonchev–Trinajstić information content (AvgIpc) is 3.01. The van der Waals surface area contributed by atoms with Crippen molar-refractivity contribution in [2.24, 2.45) is 0 Å². The highest BCUT2D eigenvalue weighted by Gasteiger charge is 2.25. The van der Waals surface area contributed by atoms with Crippen LogP contribution in [0.2, 0.25) is 0 Å². The first-order valence-electron chi connectivity index (χ1n) is 8.49. The van der Waals surface area contributed by atoms with E-state index in [1.165, 1.54) is 12.0 Å². The summed E-state index contributed by atoms with van der Waals surface area (Å²) in [6, 6.07) is 11.0. The molecule has 2 heterocycles. The van der Waals surface area contributed by atoms with Crippen molar-refractivity contribution in [3.8, 4) is 11.5 Å². The van der Waals surface area contributed by atoms with E-state index < -0.39 is 5.97 Å². The number of allylic oxidation sites excluding steroid dienone is 1. The maximum atomic E-state index is 11.3. The standard InChI is InChI=1S/C20H19N3O2/c1-13-6-2-3-8-17(13)23-18-10-9-14(20(24)25)12-16(18)22-19(23)15-7-4-5-11-21-15/h4-5,7,9-12,17H,1-3,6,8H2,(H,24,25)/t17-/m0/s1. The molecule has 0 amide bonds. The molecule has 4 rings (SSSR count). The molecule has 1 fully saturated rings. The molecule has 3 aromatic rings. The summed E-state index contributed by atoms with van der Waals surface area (Å²) in [5.41, 5.74) is 3.84. The predicted molar refractivity (Wildman–Crippen MR) is 96.6 cm³/mol. The lowest BCUT2D eigenvalue weighted by atomic mass is 9.90. The molecule has 5 heteroatoms. The fourth-order valence-corrected chi connectivity index (χ4v) is 3.60. The number of hydrogen-bond donors (Lipinski definition) is 1. The van der Waals surface area contributed by atoms with E-state index in [2.05, 4.69) is 16.1 Å². The minimum absolute atomic E-state index is 0.173. The Morgan fingerprint density at radius 3 is 2.84 bits per heavy atom. The summed E-state index contributed by atoms with van der Waals surface area (Å²) < 4.78 is 2.19. The first-order valence-corrected chi connectivity index (χ1v) is 8.49. The molecule has 1 aliphatic carbocycles. The first kappa shape index (κ1) is 15.6. The topological polar surface area (TPSA) is 68.0 Å². The van der Waals surface area contributed by atoms with Gasteiger partial charge in [0.2, 0.25) is 0 Å². The maximum Gasteiger partial charge on any atom is 0.335 e. The van der Waals surface area contributed by atoms with E-state index in [-0.39, 0.29) is 11.6 Å². The largest absolute Gasteiger partial charge is 0.478 e. The van der Waals surface area contributed by atoms with Crippen molar-refractivity contribution in [1.29, 1.82) is 0 Å². The van der Waals surface area contributed by atoms with Crippen molar-refractivity contribution in [3.05, 3.63) is 60.3 Å². The van der Waals surface area contributed by atoms with Gasteiger partial charge in [0.05, 0.1) is 22.6 Å². The Kier molecular flexibility index (Phi) is 3.84. The summed E-state index contributed by atoms with van der Waals surface area (Å²) in [4.78, 5) is 20.5. The van der Waals surface area contributed by atoms with Gasteiger partial charge in [0, 0.05) is 6.20 Å². The van der Waals surface area contributed by atoms with Gasteiger partial charge in [-0.1, -0.05) is 24.6 Å². The van der Waals surface area contributed by atoms with Crippen LogP contribution in [-0.4, -0.2) is 25.6 Å². The number of pyridine rings is 1. The quantitative estimate of drug-likeness (QED) is 0.718. The lowest BCUT2D eigenvalue weighted by Crippen LogP contribution is -2.16. The molecule has 126 valence electrons. The number of fused-ring (bicyclic) bond motifs is 1. The van der Waals surface area contributed by atoms with Crippen LogP contribution in [0.1, 0.15) is 42.1 Å². The third-order valence-corrected chi connectivity index (χ3v) is 4.84. The SMILES string of the molecule is C=C1CCCC[C@@H]1n1c(-c2ccccn2)nc2cc(C(=O)O)ccc21. The molecule has 1 aliphatic rings. The summed E-state index contributed by atoms with van der Waals surface area (Å²) in [6.45, 7) is 4.28. The van der Waals surface area contributed by atoms with Crippen LogP contribution in [0.5, 0.6) is 0 Å². The lowest BCUT2D eigenvalue weighted by Gasteiger charge is -2.28. The third-order valence-electron chi connectivity index (χ3n) is 4.84. The van der Waals surface area contributed by atoms with Crippen molar-refractivity contribution in [1.82, 2.24) is 14.5 Å². The zero-order valence-corrected chi connectivity index (χ0v) is 13.9. The van der Waals surface area contributed by atoms with Crippen LogP contribution < -0.4 is 0 Å². The number of rotatable bonds is 3. The van der Waals surface area contributed by atoms with Gasteiger partial charge in [-0.15, -0.1) is 0 Å². The van der Waals surface area contributed by atoms with E-state index in [1.807, 2.05) is 24.3 Å². The van der Waals surface area contributed by atoms with E-state index >= 15 is 0 Å². The number of hydrogen-bond acceptors (Lipinski definition) is 3. The fraction of sp³-hybridized carbons (Fsp3) is 0.250. The minimum atomic E-state index is -0.946. The van der Waals surface area contributed by atoms with E-state index in [0.717, 1.165) is 36.3 Å². The molecule has 2 aromatic heterocycles. The number of aromatic nitrogens is 3. The number of aromatic carboxylic acids is 1. The van der Waals surface area contributed by atoms with E-state index in [4.69, 9.17) is 4.98 Å². The minimum Gasteiger partial charge on any atom is -0.478 e. The summed E-state index contributed by atoms with van der Waals surface area (Å²) in [5, 5.41) is 9.27. The van der Waals surface area contributed by atoms with Crippen molar-refractivity contribution in [2.75, 3.05) is 0 Å². The molecule has 0 saturated heterocycles. The van der Waals surface area contributed by atoms with Crippen LogP contribution in [0.25, 0.3) is 22.6 Å². The molecular weight excluding hydrogens is 314 g/mol. The second-order valence-electron chi connectivity index (χ2n) is 6.45. The fourth-order valence-electron chi connectivity index (χ4n) is 3.60. The number of carboxylic acid groups (broad SMARTS) is 1. The summed E-state index contributed by atoms with van der Waals surface area (Å²) in [7, 11) is 0. The Morgan fingerprint density at radius 1 is 1.24 bits per heavy atom. The van der Waals surface area contributed by atoms with Gasteiger partial charge in [0.1, 0.15) is 5.69 Å². The van der Waals surface area contributed by atoms with Gasteiger partial charge >= 0.3 is 5.97 Å². The number of benzene rings is 1. The van der Waals surface area contributed by atoms with E-state index in [1.54, 1.807) is 18.3 Å². The molecule has 0 unspecified atom stereocenters. The van der Waals surface area contributed by atoms with Gasteiger partial charge in [0.15, 0.2) is 5.82 Å². The normalized spacial score (nSPS) is 17.8. The molecule has 0 radical (unpaired) electrons. The van der Waals surface area contributed by atoms with Gasteiger partial charge in [-0.25, -0.2) is 9.78 Å². The van der Waals surface area contributed by atoms with Gasteiger partial charge in [-0.3, -0.25) is 4.98 Å². The highest BCUT2D eigenvalue weighted by molar-refractivity contribution is 5.93. The molecule has 0 bridgehead atoms. The molecule has 1 aromatic carbocycles. The Hall–Kier alpha value is -2.95. The van der Waals surface area contributed by atoms with E-state index in [0.29, 0.717) is 5.52 Å². The Bertz CT molecular complexity index is 960. The van der Waals surface area contributed by atoms with Crippen molar-refractivity contribution >= 4 is 17.0 Å². The van der Waals surface area contributed by atoms with Crippen LogP contribution in [0.3, 0.4) is 0 Å². The summed E-state index contributed by atoms with van der Waals surface area (Å²) in [5.74, 6) is -0.177. The number of imidazole rings is 1. The smallest absolute Gasteiger partial charge is 0.335 e. The average molecular weight is 333 g/mol. The molecule has 0 spiro atoms. The number of carbonyl (C=O) groups is 1. The zero-order valence-electron chi connectivity index (χ0n) is 13.9. The summed E-state index contributed by atoms with van der Waals surface area (Å²) in [6.07, 6.45) is 6.10. The van der Waals surface area contributed by atoms with Crippen molar-refractivity contribution < 1.29 is 9.90 Å². The molecule has 25 heavy (non-hydrogen) atoms. The van der Waals surface area contributed by atoms with Crippen LogP contribution in [0.15, 0.2) is 54.7 Å². The predicted octanol–water partition coefficient (Wildman–Crippen LogP) is 4.47. The van der Waals surface area contributed by atoms with Gasteiger partial charge in [0.25, 0.3) is 0 Å². The monoisotopic (exact) mass is 333 g/mol. The van der Waals surface area contributed by atoms with Crippen LogP contribution >= 0.6 is 0 Å². The first-order chi connectivity index (χ1) is 12.1. The summed E-state index contributed by atoms with van der Waals surface area (Å²) >= 11 is 0. The molecule has 1 N–H and O–H groups in total. The van der Waals surface area contributed by atoms with Crippen molar-refractivity contribution in [3.63, 3.8) is 0 Å². The highest BCUT2D eigenvalue weighted by atomic mass is 16.4. The van der Waals surface area contributed by atoms with Crippen LogP contribution in [0, 0.1) is 0 Å². The van der Waals surface area contributed by atoms with Crippen LogP contribution in [0.4, 0.5) is 0 Å². The number of nitrogens with zero attached hydrogens (tertiary/aromatic N) is 3. The molecule has 1 saturated carbocycles. The Morgan fingerprint density at radius 2 is 2.12 bits per heavy atom. The lowest BCUT2D eigenvalue weighted by molar-refractivity contribution is 0.0697. The second-order valence-corrected chi connectivity index (χ2v) is 6.45. The van der Waals surface area contributed by atoms with Crippen molar-refractivity contribution in [2.45, 2.75) is 31.7 Å². The second kappa shape index (κ2) is 6.16. The molecular formula is C20H19N3O2. The third kappa shape index (κ3) is 2.71. The zero-order chi connectivity index (χ0) is 17.4. The Balaban J connectivity index is 1.96. The molecule has 0 aliphatic heterocycles. The molecule has 5 nitrogen and oxygen atoms in total. The van der Waals surface area contributed by atoms with Gasteiger partial charge < -0.3 is 9.67 Å². The van der Waals surface area contributed by atoms with E-state index in [9.17, 15) is 9.90 Å². The number of carboxylic acids is 1.